The van der Waals surface area contributed by atoms with Gasteiger partial charge in [-0.05, 0) is 24.3 Å². The average Bonchev–Trinajstić information content (AvgIpc) is 2.89. The summed E-state index contributed by atoms with van der Waals surface area (Å²) in [5.41, 5.74) is 1.88. The van der Waals surface area contributed by atoms with Crippen molar-refractivity contribution in [2.75, 3.05) is 17.7 Å². The molecule has 100 valence electrons. The van der Waals surface area contributed by atoms with Gasteiger partial charge in [0, 0.05) is 7.05 Å². The smallest absolute Gasteiger partial charge is 0.278 e. The second-order valence-electron chi connectivity index (χ2n) is 4.11. The van der Waals surface area contributed by atoms with Crippen LogP contribution in [0.25, 0.3) is 11.0 Å². The number of anilines is 2. The molecule has 20 heavy (non-hydrogen) atoms. The van der Waals surface area contributed by atoms with Crippen LogP contribution in [-0.2, 0) is 0 Å². The van der Waals surface area contributed by atoms with Crippen molar-refractivity contribution in [1.82, 2.24) is 20.2 Å². The first kappa shape index (κ1) is 12.1. The monoisotopic (exact) mass is 268 g/mol. The number of para-hydroxylation sites is 2. The third-order valence-electron chi connectivity index (χ3n) is 2.77. The molecule has 0 spiro atoms. The SMILES string of the molecule is CNc1ccc(C(=O)Nc2nc3ccccc3[nH]2)nn1. The topological polar surface area (TPSA) is 95.6 Å². The lowest BCUT2D eigenvalue weighted by Gasteiger charge is -2.01. The molecule has 0 aliphatic carbocycles. The van der Waals surface area contributed by atoms with Crippen LogP contribution in [0.1, 0.15) is 10.5 Å². The Morgan fingerprint density at radius 2 is 2.00 bits per heavy atom. The van der Waals surface area contributed by atoms with Gasteiger partial charge in [0.1, 0.15) is 5.82 Å². The number of rotatable bonds is 3. The van der Waals surface area contributed by atoms with Crippen molar-refractivity contribution < 1.29 is 4.79 Å². The van der Waals surface area contributed by atoms with E-state index in [2.05, 4.69) is 30.8 Å². The Bertz CT molecular complexity index is 716. The molecule has 0 radical (unpaired) electrons. The third-order valence-corrected chi connectivity index (χ3v) is 2.77. The minimum Gasteiger partial charge on any atom is -0.372 e. The van der Waals surface area contributed by atoms with E-state index in [-0.39, 0.29) is 11.6 Å². The number of carbonyl (C=O) groups excluding carboxylic acids is 1. The molecule has 0 fully saturated rings. The molecule has 0 saturated carbocycles. The van der Waals surface area contributed by atoms with Crippen molar-refractivity contribution in [3.63, 3.8) is 0 Å². The van der Waals surface area contributed by atoms with Gasteiger partial charge in [-0.2, -0.15) is 0 Å². The number of benzene rings is 1. The Labute approximate surface area is 114 Å². The molecule has 0 atom stereocenters. The molecule has 0 bridgehead atoms. The van der Waals surface area contributed by atoms with Gasteiger partial charge in [-0.3, -0.25) is 10.1 Å². The highest BCUT2D eigenvalue weighted by molar-refractivity contribution is 6.02. The molecule has 1 aromatic carbocycles. The van der Waals surface area contributed by atoms with E-state index >= 15 is 0 Å². The standard InChI is InChI=1S/C13H12N6O/c1-14-11-7-6-10(18-19-11)12(20)17-13-15-8-4-2-3-5-9(8)16-13/h2-7H,1H3,(H,14,19)(H2,15,16,17,20). The summed E-state index contributed by atoms with van der Waals surface area (Å²) in [6.45, 7) is 0. The van der Waals surface area contributed by atoms with E-state index in [1.165, 1.54) is 0 Å². The van der Waals surface area contributed by atoms with Crippen LogP contribution in [0.4, 0.5) is 11.8 Å². The zero-order valence-corrected chi connectivity index (χ0v) is 10.7. The normalized spacial score (nSPS) is 10.4. The van der Waals surface area contributed by atoms with Crippen LogP contribution in [0, 0.1) is 0 Å². The molecule has 7 nitrogen and oxygen atoms in total. The maximum absolute atomic E-state index is 12.0. The van der Waals surface area contributed by atoms with E-state index in [9.17, 15) is 4.79 Å². The number of hydrogen-bond donors (Lipinski definition) is 3. The van der Waals surface area contributed by atoms with Crippen LogP contribution in [-0.4, -0.2) is 33.1 Å². The van der Waals surface area contributed by atoms with Crippen molar-refractivity contribution in [3.8, 4) is 0 Å². The number of aromatic amines is 1. The Morgan fingerprint density at radius 3 is 2.70 bits per heavy atom. The number of fused-ring (bicyclic) bond motifs is 1. The molecule has 3 rings (SSSR count). The number of amides is 1. The summed E-state index contributed by atoms with van der Waals surface area (Å²) < 4.78 is 0. The van der Waals surface area contributed by atoms with Crippen molar-refractivity contribution in [2.45, 2.75) is 0 Å². The predicted octanol–water partition coefficient (Wildman–Crippen LogP) is 1.65. The minimum atomic E-state index is -0.362. The molecule has 2 heterocycles. The van der Waals surface area contributed by atoms with Crippen LogP contribution < -0.4 is 10.6 Å². The van der Waals surface area contributed by atoms with Gasteiger partial charge >= 0.3 is 0 Å². The number of carbonyl (C=O) groups is 1. The molecule has 0 aliphatic heterocycles. The molecule has 2 aromatic heterocycles. The van der Waals surface area contributed by atoms with Gasteiger partial charge in [-0.1, -0.05) is 12.1 Å². The number of nitrogens with one attached hydrogen (secondary N) is 3. The second kappa shape index (κ2) is 4.96. The van der Waals surface area contributed by atoms with Crippen LogP contribution in [0.15, 0.2) is 36.4 Å². The van der Waals surface area contributed by atoms with Gasteiger partial charge < -0.3 is 10.3 Å². The number of imidazole rings is 1. The van der Waals surface area contributed by atoms with E-state index < -0.39 is 0 Å². The third kappa shape index (κ3) is 2.28. The van der Waals surface area contributed by atoms with E-state index in [1.54, 1.807) is 19.2 Å². The largest absolute Gasteiger partial charge is 0.372 e. The van der Waals surface area contributed by atoms with Crippen LogP contribution in [0.5, 0.6) is 0 Å². The summed E-state index contributed by atoms with van der Waals surface area (Å²) in [6.07, 6.45) is 0. The first-order valence-electron chi connectivity index (χ1n) is 6.04. The van der Waals surface area contributed by atoms with Gasteiger partial charge in [0.15, 0.2) is 5.69 Å². The molecule has 3 N–H and O–H groups in total. The molecule has 0 unspecified atom stereocenters. The van der Waals surface area contributed by atoms with E-state index in [4.69, 9.17) is 0 Å². The number of nitrogens with zero attached hydrogens (tertiary/aromatic N) is 3. The number of aromatic nitrogens is 4. The average molecular weight is 268 g/mol. The van der Waals surface area contributed by atoms with Gasteiger partial charge in [0.25, 0.3) is 5.91 Å². The summed E-state index contributed by atoms with van der Waals surface area (Å²) in [5, 5.41) is 13.2. The zero-order chi connectivity index (χ0) is 13.9. The maximum Gasteiger partial charge on any atom is 0.278 e. The lowest BCUT2D eigenvalue weighted by atomic mass is 10.3. The molecule has 7 heteroatoms. The molecular formula is C13H12N6O. The van der Waals surface area contributed by atoms with Gasteiger partial charge in [0.05, 0.1) is 11.0 Å². The number of H-pyrrole nitrogens is 1. The highest BCUT2D eigenvalue weighted by Gasteiger charge is 2.11. The predicted molar refractivity (Wildman–Crippen MR) is 75.6 cm³/mol. The molecule has 0 aliphatic rings. The Hall–Kier alpha value is -2.96. The Balaban J connectivity index is 1.80. The first-order chi connectivity index (χ1) is 9.76. The van der Waals surface area contributed by atoms with Crippen molar-refractivity contribution in [1.29, 1.82) is 0 Å². The fourth-order valence-corrected chi connectivity index (χ4v) is 1.77. The summed E-state index contributed by atoms with van der Waals surface area (Å²) in [4.78, 5) is 19.3. The summed E-state index contributed by atoms with van der Waals surface area (Å²) in [7, 11) is 1.73. The molecule has 3 aromatic rings. The van der Waals surface area contributed by atoms with Gasteiger partial charge in [-0.15, -0.1) is 10.2 Å². The fraction of sp³-hybridized carbons (Fsp3) is 0.0769. The van der Waals surface area contributed by atoms with Crippen LogP contribution >= 0.6 is 0 Å². The van der Waals surface area contributed by atoms with Crippen LogP contribution in [0.3, 0.4) is 0 Å². The van der Waals surface area contributed by atoms with Gasteiger partial charge in [-0.25, -0.2) is 4.98 Å². The zero-order valence-electron chi connectivity index (χ0n) is 10.7. The first-order valence-corrected chi connectivity index (χ1v) is 6.04. The van der Waals surface area contributed by atoms with Crippen LogP contribution in [0.2, 0.25) is 0 Å². The van der Waals surface area contributed by atoms with Crippen molar-refractivity contribution in [2.24, 2.45) is 0 Å². The second-order valence-corrected chi connectivity index (χ2v) is 4.11. The maximum atomic E-state index is 12.0. The Kier molecular flexibility index (Phi) is 3.00. The molecular weight excluding hydrogens is 256 g/mol. The van der Waals surface area contributed by atoms with E-state index in [1.807, 2.05) is 24.3 Å². The van der Waals surface area contributed by atoms with Crippen molar-refractivity contribution >= 4 is 28.7 Å². The summed E-state index contributed by atoms with van der Waals surface area (Å²) in [6, 6.07) is 10.8. The Morgan fingerprint density at radius 1 is 1.15 bits per heavy atom. The van der Waals surface area contributed by atoms with Gasteiger partial charge in [0.2, 0.25) is 5.95 Å². The van der Waals surface area contributed by atoms with E-state index in [0.29, 0.717) is 11.8 Å². The minimum absolute atomic E-state index is 0.226. The summed E-state index contributed by atoms with van der Waals surface area (Å²) >= 11 is 0. The quantitative estimate of drug-likeness (QED) is 0.671. The molecule has 1 amide bonds. The number of hydrogen-bond acceptors (Lipinski definition) is 5. The highest BCUT2D eigenvalue weighted by atomic mass is 16.2. The highest BCUT2D eigenvalue weighted by Crippen LogP contribution is 2.13. The lowest BCUT2D eigenvalue weighted by Crippen LogP contribution is -2.15. The van der Waals surface area contributed by atoms with E-state index in [0.717, 1.165) is 11.0 Å². The fourth-order valence-electron chi connectivity index (χ4n) is 1.77. The van der Waals surface area contributed by atoms with Crippen molar-refractivity contribution in [3.05, 3.63) is 42.1 Å². The molecule has 0 saturated heterocycles. The lowest BCUT2D eigenvalue weighted by molar-refractivity contribution is 0.102. The summed E-state index contributed by atoms with van der Waals surface area (Å²) in [5.74, 6) is 0.625.